The SMILES string of the molecule is CC(=O)/C=C(/C)O.N#Cc1ccc2nc(-c3[c-]cccc3)c3oc4ccccc4c3c2c1.[Ir]. The summed E-state index contributed by atoms with van der Waals surface area (Å²) < 4.78 is 6.15. The number of para-hydroxylation sites is 1. The zero-order valence-corrected chi connectivity index (χ0v) is 20.3. The van der Waals surface area contributed by atoms with Crippen LogP contribution in [0.2, 0.25) is 0 Å². The first-order valence-corrected chi connectivity index (χ1v) is 9.98. The number of rotatable bonds is 2. The second-order valence-corrected chi connectivity index (χ2v) is 7.28. The van der Waals surface area contributed by atoms with Crippen molar-refractivity contribution in [1.82, 2.24) is 4.98 Å². The number of ketones is 1. The van der Waals surface area contributed by atoms with Gasteiger partial charge in [-0.15, -0.1) is 35.9 Å². The maximum absolute atomic E-state index is 10.0. The Hall–Kier alpha value is -3.78. The average molecular weight is 612 g/mol. The van der Waals surface area contributed by atoms with Gasteiger partial charge in [-0.25, -0.2) is 0 Å². The summed E-state index contributed by atoms with van der Waals surface area (Å²) >= 11 is 0. The van der Waals surface area contributed by atoms with Gasteiger partial charge in [0.2, 0.25) is 0 Å². The fourth-order valence-corrected chi connectivity index (χ4v) is 3.57. The third-order valence-electron chi connectivity index (χ3n) is 4.81. The summed E-state index contributed by atoms with van der Waals surface area (Å²) in [5.41, 5.74) is 4.64. The summed E-state index contributed by atoms with van der Waals surface area (Å²) in [6.45, 7) is 2.85. The molecule has 1 N–H and O–H groups in total. The third kappa shape index (κ3) is 5.01. The van der Waals surface area contributed by atoms with Crippen LogP contribution in [0.25, 0.3) is 44.1 Å². The van der Waals surface area contributed by atoms with Crippen LogP contribution in [0.3, 0.4) is 0 Å². The first-order chi connectivity index (χ1) is 15.5. The molecule has 165 valence electrons. The van der Waals surface area contributed by atoms with Crippen LogP contribution in [-0.4, -0.2) is 15.9 Å². The average Bonchev–Trinajstić information content (AvgIpc) is 3.18. The fourth-order valence-electron chi connectivity index (χ4n) is 3.57. The zero-order chi connectivity index (χ0) is 22.7. The van der Waals surface area contributed by atoms with Crippen molar-refractivity contribution in [2.24, 2.45) is 0 Å². The fraction of sp³-hybridized carbons (Fsp3) is 0.0741. The van der Waals surface area contributed by atoms with Gasteiger partial charge in [-0.3, -0.25) is 9.78 Å². The maximum atomic E-state index is 10.0. The van der Waals surface area contributed by atoms with Crippen LogP contribution in [0.5, 0.6) is 0 Å². The summed E-state index contributed by atoms with van der Waals surface area (Å²) in [5.74, 6) is -0.0625. The number of pyridine rings is 1. The van der Waals surface area contributed by atoms with Gasteiger partial charge >= 0.3 is 0 Å². The van der Waals surface area contributed by atoms with Crippen LogP contribution in [0.1, 0.15) is 19.4 Å². The van der Waals surface area contributed by atoms with Crippen molar-refractivity contribution in [3.63, 3.8) is 0 Å². The molecule has 3 aromatic carbocycles. The molecule has 0 fully saturated rings. The van der Waals surface area contributed by atoms with Gasteiger partial charge < -0.3 is 9.52 Å². The molecule has 0 aliphatic heterocycles. The van der Waals surface area contributed by atoms with E-state index in [4.69, 9.17) is 14.5 Å². The van der Waals surface area contributed by atoms with E-state index in [9.17, 15) is 10.1 Å². The summed E-state index contributed by atoms with van der Waals surface area (Å²) in [5, 5.41) is 20.6. The Bertz CT molecular complexity index is 1530. The van der Waals surface area contributed by atoms with E-state index in [2.05, 4.69) is 12.1 Å². The quantitative estimate of drug-likeness (QED) is 0.140. The van der Waals surface area contributed by atoms with Gasteiger partial charge in [-0.05, 0) is 38.1 Å². The Labute approximate surface area is 204 Å². The monoisotopic (exact) mass is 612 g/mol. The van der Waals surface area contributed by atoms with Gasteiger partial charge in [0.25, 0.3) is 0 Å². The van der Waals surface area contributed by atoms with Crippen molar-refractivity contribution >= 4 is 38.6 Å². The summed E-state index contributed by atoms with van der Waals surface area (Å²) in [6, 6.07) is 26.7. The summed E-state index contributed by atoms with van der Waals surface area (Å²) in [6.07, 6.45) is 1.17. The molecular formula is C27H19IrN2O3-. The van der Waals surface area contributed by atoms with Gasteiger partial charge in [-0.2, -0.15) is 5.26 Å². The topological polar surface area (TPSA) is 87.1 Å². The number of benzene rings is 3. The third-order valence-corrected chi connectivity index (χ3v) is 4.81. The number of carbonyl (C=O) groups excluding carboxylic acids is 1. The Morgan fingerprint density at radius 2 is 1.85 bits per heavy atom. The molecular weight excluding hydrogens is 593 g/mol. The molecule has 5 rings (SSSR count). The minimum atomic E-state index is -0.125. The van der Waals surface area contributed by atoms with Gasteiger partial charge in [-0.1, -0.05) is 18.2 Å². The second-order valence-electron chi connectivity index (χ2n) is 7.28. The van der Waals surface area contributed by atoms with Crippen molar-refractivity contribution in [3.8, 4) is 17.3 Å². The number of hydrogen-bond donors (Lipinski definition) is 1. The van der Waals surface area contributed by atoms with Crippen LogP contribution < -0.4 is 0 Å². The molecule has 0 aliphatic rings. The Balaban J connectivity index is 0.000000337. The number of allylic oxidation sites excluding steroid dienone is 2. The summed E-state index contributed by atoms with van der Waals surface area (Å²) in [7, 11) is 0. The van der Waals surface area contributed by atoms with E-state index in [0.717, 1.165) is 44.1 Å². The first-order valence-electron chi connectivity index (χ1n) is 9.98. The molecule has 33 heavy (non-hydrogen) atoms. The summed E-state index contributed by atoms with van der Waals surface area (Å²) in [4.78, 5) is 14.8. The molecule has 2 aromatic heterocycles. The standard InChI is InChI=1S/C22H11N2O.C5H8O2.Ir/c23-13-14-10-11-18-17(12-14)20-16-8-4-5-9-19(16)25-22(20)21(24-18)15-6-2-1-3-7-15;1-4(6)3-5(2)7;/h1-6,8-12H;3,6H,1-2H3;/q-1;;/b;4-3-;. The number of hydrogen-bond acceptors (Lipinski definition) is 5. The molecule has 0 saturated carbocycles. The van der Waals surface area contributed by atoms with Crippen LogP contribution in [0.15, 0.2) is 83.0 Å². The number of furan rings is 1. The molecule has 5 nitrogen and oxygen atoms in total. The molecule has 6 heteroatoms. The number of fused-ring (bicyclic) bond motifs is 5. The molecule has 0 atom stereocenters. The molecule has 0 saturated heterocycles. The number of aliphatic hydroxyl groups excluding tert-OH is 1. The molecule has 0 aliphatic carbocycles. The van der Waals surface area contributed by atoms with Crippen LogP contribution in [0.4, 0.5) is 0 Å². The van der Waals surface area contributed by atoms with Crippen molar-refractivity contribution < 1.29 is 34.4 Å². The molecule has 0 spiro atoms. The normalized spacial score (nSPS) is 10.9. The van der Waals surface area contributed by atoms with Crippen molar-refractivity contribution in [2.45, 2.75) is 13.8 Å². The zero-order valence-electron chi connectivity index (χ0n) is 17.9. The number of aromatic nitrogens is 1. The molecule has 1 radical (unpaired) electrons. The van der Waals surface area contributed by atoms with E-state index in [1.54, 1.807) is 6.07 Å². The number of carbonyl (C=O) groups is 1. The Kier molecular flexibility index (Phi) is 7.40. The van der Waals surface area contributed by atoms with Gasteiger partial charge in [0.15, 0.2) is 5.78 Å². The molecule has 5 aromatic rings. The van der Waals surface area contributed by atoms with Crippen molar-refractivity contribution in [2.75, 3.05) is 0 Å². The van der Waals surface area contributed by atoms with Gasteiger partial charge in [0.05, 0.1) is 22.9 Å². The molecule has 0 unspecified atom stereocenters. The maximum Gasteiger partial charge on any atom is 0.155 e. The Morgan fingerprint density at radius 1 is 1.09 bits per heavy atom. The van der Waals surface area contributed by atoms with Crippen molar-refractivity contribution in [3.05, 3.63) is 90.2 Å². The Morgan fingerprint density at radius 3 is 2.48 bits per heavy atom. The minimum Gasteiger partial charge on any atom is -0.512 e. The van der Waals surface area contributed by atoms with Crippen LogP contribution >= 0.6 is 0 Å². The largest absolute Gasteiger partial charge is 0.512 e. The minimum absolute atomic E-state index is 0. The molecule has 0 amide bonds. The van der Waals surface area contributed by atoms with Crippen LogP contribution in [-0.2, 0) is 24.9 Å². The van der Waals surface area contributed by atoms with Gasteiger partial charge in [0.1, 0.15) is 11.2 Å². The first kappa shape index (κ1) is 23.9. The van der Waals surface area contributed by atoms with E-state index < -0.39 is 0 Å². The van der Waals surface area contributed by atoms with E-state index >= 15 is 0 Å². The van der Waals surface area contributed by atoms with E-state index in [0.29, 0.717) is 5.56 Å². The second kappa shape index (κ2) is 10.2. The molecule has 0 bridgehead atoms. The number of nitrogens with zero attached hydrogens (tertiary/aromatic N) is 2. The molecule has 2 heterocycles. The number of nitriles is 1. The number of aliphatic hydroxyl groups is 1. The predicted octanol–water partition coefficient (Wildman–Crippen LogP) is 6.51. The smallest absolute Gasteiger partial charge is 0.155 e. The van der Waals surface area contributed by atoms with Gasteiger partial charge in [0, 0.05) is 48.0 Å². The predicted molar refractivity (Wildman–Crippen MR) is 125 cm³/mol. The van der Waals surface area contributed by atoms with E-state index in [1.807, 2.05) is 60.7 Å². The van der Waals surface area contributed by atoms with E-state index in [-0.39, 0.29) is 31.6 Å². The van der Waals surface area contributed by atoms with Crippen LogP contribution in [0, 0.1) is 17.4 Å². The van der Waals surface area contributed by atoms with Crippen molar-refractivity contribution in [1.29, 1.82) is 5.26 Å². The van der Waals surface area contributed by atoms with E-state index in [1.165, 1.54) is 19.9 Å².